The van der Waals surface area contributed by atoms with Crippen LogP contribution in [-0.4, -0.2) is 62.4 Å². The third-order valence-corrected chi connectivity index (χ3v) is 12.1. The van der Waals surface area contributed by atoms with Crippen molar-refractivity contribution in [3.8, 4) is 33.6 Å². The number of methoxy groups -OCH3 is 1. The molecule has 3 amide bonds. The molecule has 3 aromatic carbocycles. The Morgan fingerprint density at radius 2 is 1.41 bits per heavy atom. The number of hydrogen-bond donors (Lipinski definition) is 5. The molecule has 2 saturated carbocycles. The SMILES string of the molecule is COC(=O)N[C@H](C(=O)N1CCC[C@H]1c1ncc(-c2ccc(-c3ccc(-c4cnc([C@@H]5C6CCC(C6)C5C(=O)NCc5ccc(N)cc5)[nH]4)cc3)cc2)[nH]1)C(C)C. The molecule has 12 heteroatoms. The van der Waals surface area contributed by atoms with Crippen molar-refractivity contribution in [2.75, 3.05) is 19.4 Å². The van der Waals surface area contributed by atoms with Crippen LogP contribution >= 0.6 is 0 Å². The number of nitrogens with zero attached hydrogens (tertiary/aromatic N) is 3. The van der Waals surface area contributed by atoms with Crippen LogP contribution in [0.25, 0.3) is 33.6 Å². The Morgan fingerprint density at radius 3 is 2.04 bits per heavy atom. The van der Waals surface area contributed by atoms with E-state index in [1.54, 1.807) is 0 Å². The van der Waals surface area contributed by atoms with E-state index in [1.807, 2.05) is 55.4 Å². The zero-order valence-electron chi connectivity index (χ0n) is 32.1. The molecule has 290 valence electrons. The van der Waals surface area contributed by atoms with Gasteiger partial charge < -0.3 is 36.0 Å². The van der Waals surface area contributed by atoms with Gasteiger partial charge in [0.2, 0.25) is 11.8 Å². The first-order chi connectivity index (χ1) is 27.2. The highest BCUT2D eigenvalue weighted by atomic mass is 16.5. The fourth-order valence-electron chi connectivity index (χ4n) is 9.19. The quantitative estimate of drug-likeness (QED) is 0.0888. The van der Waals surface area contributed by atoms with Gasteiger partial charge in [-0.15, -0.1) is 0 Å². The fraction of sp³-hybridized carbons (Fsp3) is 0.386. The highest BCUT2D eigenvalue weighted by Gasteiger charge is 2.52. The molecule has 0 radical (unpaired) electrons. The van der Waals surface area contributed by atoms with Crippen LogP contribution in [0.15, 0.2) is 85.2 Å². The highest BCUT2D eigenvalue weighted by molar-refractivity contribution is 5.86. The summed E-state index contributed by atoms with van der Waals surface area (Å²) >= 11 is 0. The van der Waals surface area contributed by atoms with Gasteiger partial charge in [-0.05, 0) is 89.8 Å². The summed E-state index contributed by atoms with van der Waals surface area (Å²) in [6, 6.07) is 23.6. The van der Waals surface area contributed by atoms with Crippen molar-refractivity contribution in [2.24, 2.45) is 23.7 Å². The van der Waals surface area contributed by atoms with E-state index in [1.165, 1.54) is 7.11 Å². The minimum absolute atomic E-state index is 0.0823. The number of likely N-dealkylation sites (tertiary alicyclic amines) is 1. The van der Waals surface area contributed by atoms with Gasteiger partial charge in [0.1, 0.15) is 17.7 Å². The number of rotatable bonds is 11. The number of imidazole rings is 2. The zero-order valence-corrected chi connectivity index (χ0v) is 32.1. The first kappa shape index (κ1) is 37.0. The van der Waals surface area contributed by atoms with Gasteiger partial charge in [0.25, 0.3) is 0 Å². The number of fused-ring (bicyclic) bond motifs is 2. The number of aromatic amines is 2. The lowest BCUT2D eigenvalue weighted by atomic mass is 9.78. The number of amides is 3. The van der Waals surface area contributed by atoms with E-state index in [2.05, 4.69) is 74.1 Å². The van der Waals surface area contributed by atoms with Crippen molar-refractivity contribution in [2.45, 2.75) is 70.5 Å². The van der Waals surface area contributed by atoms with Crippen LogP contribution in [0.2, 0.25) is 0 Å². The lowest BCUT2D eigenvalue weighted by Gasteiger charge is -2.30. The van der Waals surface area contributed by atoms with Crippen LogP contribution in [0.3, 0.4) is 0 Å². The molecule has 3 fully saturated rings. The molecular formula is C44H50N8O4. The highest BCUT2D eigenvalue weighted by Crippen LogP contribution is 2.56. The number of nitrogens with one attached hydrogen (secondary N) is 4. The lowest BCUT2D eigenvalue weighted by molar-refractivity contribution is -0.135. The molecule has 5 aromatic rings. The van der Waals surface area contributed by atoms with E-state index < -0.39 is 12.1 Å². The number of ether oxygens (including phenoxy) is 1. The van der Waals surface area contributed by atoms with Crippen LogP contribution in [0.4, 0.5) is 10.5 Å². The van der Waals surface area contributed by atoms with Gasteiger partial charge in [-0.25, -0.2) is 14.8 Å². The van der Waals surface area contributed by atoms with Crippen LogP contribution in [0.5, 0.6) is 0 Å². The van der Waals surface area contributed by atoms with Gasteiger partial charge in [0.05, 0.1) is 42.9 Å². The standard InChI is InChI=1S/C44H50N8O4/c1-25(2)39(51-44(55)56-3)43(54)52-20-4-5-36(52)40-46-23-34(49-40)29-12-8-27(9-13-29)28-10-14-30(15-11-28)35-24-47-41(50-35)37-31-16-17-32(21-31)38(37)42(53)48-22-26-6-18-33(45)19-7-26/h6-15,18-19,23-25,31-32,36-39H,4-5,16-17,20-22,45H2,1-3H3,(H,46,49)(H,47,50)(H,48,53)(H,51,55)/t31?,32?,36-,37+,38?,39-/m0/s1. The number of alkyl carbamates (subject to hydrolysis) is 1. The van der Waals surface area contributed by atoms with E-state index in [0.717, 1.165) is 83.0 Å². The number of benzene rings is 3. The monoisotopic (exact) mass is 754 g/mol. The maximum absolute atomic E-state index is 13.6. The Kier molecular flexibility index (Phi) is 10.4. The normalized spacial score (nSPS) is 22.0. The smallest absolute Gasteiger partial charge is 0.407 e. The van der Waals surface area contributed by atoms with Gasteiger partial charge in [-0.2, -0.15) is 0 Å². The second kappa shape index (κ2) is 15.7. The van der Waals surface area contributed by atoms with Crippen molar-refractivity contribution >= 4 is 23.6 Å². The minimum atomic E-state index is -0.678. The third kappa shape index (κ3) is 7.39. The number of nitrogen functional groups attached to an aromatic ring is 1. The van der Waals surface area contributed by atoms with Crippen molar-refractivity contribution in [3.63, 3.8) is 0 Å². The number of nitrogens with two attached hydrogens (primary N) is 1. The maximum atomic E-state index is 13.6. The summed E-state index contributed by atoms with van der Waals surface area (Å²) in [6.07, 6.45) is 8.06. The van der Waals surface area contributed by atoms with Crippen LogP contribution in [0, 0.1) is 23.7 Å². The van der Waals surface area contributed by atoms with Gasteiger partial charge >= 0.3 is 6.09 Å². The van der Waals surface area contributed by atoms with Crippen molar-refractivity contribution in [3.05, 3.63) is 102 Å². The summed E-state index contributed by atoms with van der Waals surface area (Å²) in [7, 11) is 1.30. The summed E-state index contributed by atoms with van der Waals surface area (Å²) in [6.45, 7) is 4.91. The molecule has 2 aromatic heterocycles. The Labute approximate surface area is 327 Å². The molecule has 1 saturated heterocycles. The summed E-state index contributed by atoms with van der Waals surface area (Å²) < 4.78 is 4.76. The van der Waals surface area contributed by atoms with E-state index >= 15 is 0 Å². The molecule has 8 rings (SSSR count). The number of hydrogen-bond acceptors (Lipinski definition) is 7. The zero-order chi connectivity index (χ0) is 38.9. The summed E-state index contributed by atoms with van der Waals surface area (Å²) in [5, 5.41) is 5.90. The van der Waals surface area contributed by atoms with Crippen LogP contribution < -0.4 is 16.4 Å². The van der Waals surface area contributed by atoms with Gasteiger partial charge in [-0.3, -0.25) is 9.59 Å². The van der Waals surface area contributed by atoms with Crippen molar-refractivity contribution in [1.82, 2.24) is 35.5 Å². The Bertz CT molecular complexity index is 2180. The van der Waals surface area contributed by atoms with Gasteiger partial charge in [0, 0.05) is 24.7 Å². The number of anilines is 1. The predicted molar refractivity (Wildman–Crippen MR) is 215 cm³/mol. The summed E-state index contributed by atoms with van der Waals surface area (Å²) in [5.41, 5.74) is 13.6. The van der Waals surface area contributed by atoms with E-state index in [9.17, 15) is 14.4 Å². The molecule has 6 N–H and O–H groups in total. The van der Waals surface area contributed by atoms with Crippen molar-refractivity contribution < 1.29 is 19.1 Å². The molecule has 0 spiro atoms. The molecule has 6 atom stereocenters. The molecule has 1 aliphatic heterocycles. The molecule has 2 aliphatic carbocycles. The minimum Gasteiger partial charge on any atom is -0.453 e. The Morgan fingerprint density at radius 1 is 0.821 bits per heavy atom. The molecule has 2 bridgehead atoms. The largest absolute Gasteiger partial charge is 0.453 e. The lowest BCUT2D eigenvalue weighted by Crippen LogP contribution is -2.51. The van der Waals surface area contributed by atoms with Gasteiger partial charge in [0.15, 0.2) is 0 Å². The van der Waals surface area contributed by atoms with E-state index in [0.29, 0.717) is 30.6 Å². The average Bonchev–Trinajstić information content (AvgIpc) is 4.08. The third-order valence-electron chi connectivity index (χ3n) is 12.1. The number of H-pyrrole nitrogens is 2. The van der Waals surface area contributed by atoms with E-state index in [-0.39, 0.29) is 35.6 Å². The van der Waals surface area contributed by atoms with Crippen LogP contribution in [-0.2, 0) is 20.9 Å². The summed E-state index contributed by atoms with van der Waals surface area (Å²) in [5.74, 6) is 2.39. The molecule has 3 unspecified atom stereocenters. The van der Waals surface area contributed by atoms with Gasteiger partial charge in [-0.1, -0.05) is 74.5 Å². The molecular weight excluding hydrogens is 705 g/mol. The Hall–Kier alpha value is -5.91. The summed E-state index contributed by atoms with van der Waals surface area (Å²) in [4.78, 5) is 57.5. The van der Waals surface area contributed by atoms with Crippen molar-refractivity contribution in [1.29, 1.82) is 0 Å². The first-order valence-electron chi connectivity index (χ1n) is 19.7. The second-order valence-corrected chi connectivity index (χ2v) is 15.9. The fourth-order valence-corrected chi connectivity index (χ4v) is 9.19. The molecule has 3 heterocycles. The number of aromatic nitrogens is 4. The maximum Gasteiger partial charge on any atom is 0.407 e. The van der Waals surface area contributed by atoms with Crippen LogP contribution in [0.1, 0.15) is 75.1 Å². The number of carbonyl (C=O) groups excluding carboxylic acids is 3. The Balaban J connectivity index is 0.914. The average molecular weight is 755 g/mol. The topological polar surface area (TPSA) is 171 Å². The predicted octanol–water partition coefficient (Wildman–Crippen LogP) is 7.21. The molecule has 56 heavy (non-hydrogen) atoms. The first-order valence-corrected chi connectivity index (χ1v) is 19.7. The molecule has 3 aliphatic rings. The number of carbonyl (C=O) groups is 3. The second-order valence-electron chi connectivity index (χ2n) is 15.9. The molecule has 12 nitrogen and oxygen atoms in total. The van der Waals surface area contributed by atoms with E-state index in [4.69, 9.17) is 15.5 Å².